The lowest BCUT2D eigenvalue weighted by molar-refractivity contribution is -0.136. The summed E-state index contributed by atoms with van der Waals surface area (Å²) in [7, 11) is 0. The van der Waals surface area contributed by atoms with Crippen molar-refractivity contribution in [2.24, 2.45) is 0 Å². The van der Waals surface area contributed by atoms with Crippen LogP contribution in [-0.2, 0) is 76.0 Å². The monoisotopic (exact) mass is 1010 g/mol. The molecule has 71 heavy (non-hydrogen) atoms. The second kappa shape index (κ2) is 38.4. The zero-order valence-electron chi connectivity index (χ0n) is 41.9. The zero-order valence-corrected chi connectivity index (χ0v) is 41.9. The van der Waals surface area contributed by atoms with Crippen molar-refractivity contribution in [1.82, 2.24) is 15.5 Å². The van der Waals surface area contributed by atoms with E-state index in [0.29, 0.717) is 172 Å². The number of nitrogens with zero attached hydrogens (tertiary/aromatic N) is 1. The number of carbonyl (C=O) groups is 6. The number of benzene rings is 1. The van der Waals surface area contributed by atoms with Crippen molar-refractivity contribution in [2.45, 2.75) is 70.9 Å². The van der Waals surface area contributed by atoms with Gasteiger partial charge in [0.1, 0.15) is 11.6 Å². The summed E-state index contributed by atoms with van der Waals surface area (Å²) in [5, 5.41) is 7.53. The second-order valence-corrected chi connectivity index (χ2v) is 16.8. The number of rotatable bonds is 44. The number of anilines is 1. The van der Waals surface area contributed by atoms with Crippen molar-refractivity contribution < 1.29 is 90.3 Å². The number of piperidine rings is 1. The molecular weight excluding hydrogens is 937 g/mol. The van der Waals surface area contributed by atoms with Crippen molar-refractivity contribution in [3.8, 4) is 0 Å². The molecule has 0 aromatic heterocycles. The van der Waals surface area contributed by atoms with Gasteiger partial charge in [-0.25, -0.2) is 4.79 Å². The van der Waals surface area contributed by atoms with Gasteiger partial charge in [-0.3, -0.25) is 34.2 Å². The molecule has 1 aromatic carbocycles. The molecule has 3 rings (SSSR count). The van der Waals surface area contributed by atoms with Gasteiger partial charge in [-0.2, -0.15) is 0 Å². The van der Waals surface area contributed by atoms with E-state index in [-0.39, 0.29) is 42.0 Å². The highest BCUT2D eigenvalue weighted by molar-refractivity contribution is 6.26. The minimum atomic E-state index is -1.08. The third kappa shape index (κ3) is 28.6. The summed E-state index contributed by atoms with van der Waals surface area (Å²) in [6.07, 6.45) is 1.95. The number of nitrogens with one attached hydrogen (secondary N) is 3. The van der Waals surface area contributed by atoms with E-state index >= 15 is 0 Å². The summed E-state index contributed by atoms with van der Waals surface area (Å²) in [5.41, 5.74) is -0.157. The molecule has 0 spiro atoms. The van der Waals surface area contributed by atoms with E-state index in [2.05, 4.69) is 16.0 Å². The van der Waals surface area contributed by atoms with Gasteiger partial charge in [0.2, 0.25) is 17.7 Å². The van der Waals surface area contributed by atoms with Crippen LogP contribution in [0.3, 0.4) is 0 Å². The maximum atomic E-state index is 13.2. The Labute approximate surface area is 417 Å². The van der Waals surface area contributed by atoms with E-state index in [4.69, 9.17) is 61.6 Å². The molecule has 2 aliphatic heterocycles. The van der Waals surface area contributed by atoms with E-state index < -0.39 is 41.4 Å². The van der Waals surface area contributed by atoms with Crippen LogP contribution in [0.25, 0.3) is 0 Å². The van der Waals surface area contributed by atoms with Crippen molar-refractivity contribution in [3.63, 3.8) is 0 Å². The Morgan fingerprint density at radius 2 is 0.986 bits per heavy atom. The number of carbonyl (C=O) groups excluding carboxylic acids is 6. The van der Waals surface area contributed by atoms with Crippen LogP contribution < -0.4 is 16.0 Å². The molecule has 0 radical (unpaired) electrons. The predicted molar refractivity (Wildman–Crippen MR) is 254 cm³/mol. The molecule has 3 N–H and O–H groups in total. The fourth-order valence-electron chi connectivity index (χ4n) is 6.56. The molecule has 23 heteroatoms. The Bertz CT molecular complexity index is 1680. The van der Waals surface area contributed by atoms with E-state index in [1.165, 1.54) is 6.07 Å². The van der Waals surface area contributed by atoms with Crippen LogP contribution in [0.2, 0.25) is 0 Å². The average Bonchev–Trinajstić information content (AvgIpc) is 3.58. The van der Waals surface area contributed by atoms with Crippen molar-refractivity contribution in [1.29, 1.82) is 0 Å². The van der Waals surface area contributed by atoms with Crippen LogP contribution in [0.5, 0.6) is 0 Å². The molecule has 6 amide bonds. The third-order valence-electron chi connectivity index (χ3n) is 9.94. The lowest BCUT2D eigenvalue weighted by Crippen LogP contribution is -2.54. The quantitative estimate of drug-likeness (QED) is 0.0626. The molecule has 1 aromatic rings. The van der Waals surface area contributed by atoms with Gasteiger partial charge in [0.15, 0.2) is 0 Å². The minimum absolute atomic E-state index is 0.0237. The Hall–Kier alpha value is -4.24. The Morgan fingerprint density at radius 3 is 1.41 bits per heavy atom. The van der Waals surface area contributed by atoms with Crippen molar-refractivity contribution >= 4 is 41.3 Å². The fourth-order valence-corrected chi connectivity index (χ4v) is 6.56. The highest BCUT2D eigenvalue weighted by atomic mass is 16.6. The van der Waals surface area contributed by atoms with Crippen molar-refractivity contribution in [3.05, 3.63) is 29.3 Å². The van der Waals surface area contributed by atoms with Crippen LogP contribution in [-0.4, -0.2) is 217 Å². The van der Waals surface area contributed by atoms with Crippen LogP contribution in [0.1, 0.15) is 80.0 Å². The zero-order chi connectivity index (χ0) is 51.2. The van der Waals surface area contributed by atoms with Gasteiger partial charge in [-0.1, -0.05) is 12.5 Å². The van der Waals surface area contributed by atoms with Crippen molar-refractivity contribution in [2.75, 3.05) is 170 Å². The van der Waals surface area contributed by atoms with Gasteiger partial charge in [-0.05, 0) is 52.2 Å². The normalized spacial score (nSPS) is 14.8. The first-order valence-corrected chi connectivity index (χ1v) is 24.5. The number of hydrogen-bond acceptors (Lipinski definition) is 19. The highest BCUT2D eigenvalue weighted by Gasteiger charge is 2.45. The summed E-state index contributed by atoms with van der Waals surface area (Å²) < 4.78 is 71.1. The lowest BCUT2D eigenvalue weighted by atomic mass is 10.0. The number of ether oxygens (including phenoxy) is 13. The van der Waals surface area contributed by atoms with Crippen LogP contribution >= 0.6 is 0 Å². The highest BCUT2D eigenvalue weighted by Crippen LogP contribution is 2.32. The van der Waals surface area contributed by atoms with Crippen LogP contribution in [0, 0.1) is 0 Å². The molecule has 1 fully saturated rings. The smallest absolute Gasteiger partial charge is 0.407 e. The summed E-state index contributed by atoms with van der Waals surface area (Å²) in [6.45, 7) is 16.7. The SMILES string of the molecule is CC(C)(C)OC(=O)NCCOCCOCCOCCOCCOCCOCCOCCOCCOCCOCCOCCOCCCCCC(=O)Nc1cccc2c1C(=O)N(C1CCC(=O)NC1=O)C2=O. The van der Waals surface area contributed by atoms with Gasteiger partial charge in [-0.15, -0.1) is 0 Å². The first kappa shape index (κ1) is 61.1. The standard InChI is InChI=1S/C48H78N4O19/c1-48(2,3)71-47(58)49-13-15-60-17-19-62-21-23-64-25-27-66-29-31-68-33-35-70-37-36-69-34-32-67-30-28-65-26-24-63-22-20-61-18-16-59-14-6-4-5-10-41(53)50-39-9-7-8-38-43(39)46(57)52(45(38)56)40-11-12-42(54)51-44(40)55/h7-9,40H,4-6,10-37H2,1-3H3,(H,49,58)(H,50,53)(H,51,54,55). The Balaban J connectivity index is 0.949. The molecule has 0 bridgehead atoms. The van der Waals surface area contributed by atoms with E-state index in [9.17, 15) is 28.8 Å². The van der Waals surface area contributed by atoms with Gasteiger partial charge >= 0.3 is 6.09 Å². The van der Waals surface area contributed by atoms with Gasteiger partial charge in [0.05, 0.1) is 169 Å². The second-order valence-electron chi connectivity index (χ2n) is 16.8. The topological polar surface area (TPSA) is 262 Å². The molecule has 0 saturated carbocycles. The van der Waals surface area contributed by atoms with Crippen LogP contribution in [0.4, 0.5) is 10.5 Å². The largest absolute Gasteiger partial charge is 0.444 e. The molecule has 23 nitrogen and oxygen atoms in total. The maximum Gasteiger partial charge on any atom is 0.407 e. The van der Waals surface area contributed by atoms with Gasteiger partial charge in [0, 0.05) is 26.0 Å². The average molecular weight is 1020 g/mol. The summed E-state index contributed by atoms with van der Waals surface area (Å²) >= 11 is 0. The number of unbranched alkanes of at least 4 members (excludes halogenated alkanes) is 2. The minimum Gasteiger partial charge on any atom is -0.444 e. The number of hydrogen-bond donors (Lipinski definition) is 3. The summed E-state index contributed by atoms with van der Waals surface area (Å²) in [4.78, 5) is 75.2. The fraction of sp³-hybridized carbons (Fsp3) is 0.750. The van der Waals surface area contributed by atoms with Crippen LogP contribution in [0.15, 0.2) is 18.2 Å². The van der Waals surface area contributed by atoms with Gasteiger partial charge < -0.3 is 72.2 Å². The summed E-state index contributed by atoms with van der Waals surface area (Å²) in [5.74, 6) is -2.74. The Kier molecular flexibility index (Phi) is 33.0. The maximum absolute atomic E-state index is 13.2. The predicted octanol–water partition coefficient (Wildman–Crippen LogP) is 2.31. The molecule has 0 aliphatic carbocycles. The number of imide groups is 2. The van der Waals surface area contributed by atoms with E-state index in [1.807, 2.05) is 20.8 Å². The molecule has 404 valence electrons. The number of amides is 6. The molecular formula is C48H78N4O19. The lowest BCUT2D eigenvalue weighted by Gasteiger charge is -2.27. The van der Waals surface area contributed by atoms with E-state index in [1.54, 1.807) is 12.1 Å². The van der Waals surface area contributed by atoms with Gasteiger partial charge in [0.25, 0.3) is 11.8 Å². The number of alkyl carbamates (subject to hydrolysis) is 1. The molecule has 1 atom stereocenters. The molecule has 1 unspecified atom stereocenters. The van der Waals surface area contributed by atoms with E-state index in [0.717, 1.165) is 17.7 Å². The molecule has 2 aliphatic rings. The first-order chi connectivity index (χ1) is 34.5. The molecule has 1 saturated heterocycles. The first-order valence-electron chi connectivity index (χ1n) is 24.5. The Morgan fingerprint density at radius 1 is 0.563 bits per heavy atom. The number of fused-ring (bicyclic) bond motifs is 1. The third-order valence-corrected chi connectivity index (χ3v) is 9.94. The molecule has 2 heterocycles. The summed E-state index contributed by atoms with van der Waals surface area (Å²) in [6, 6.07) is 3.52.